The Morgan fingerprint density at radius 2 is 2.04 bits per heavy atom. The Morgan fingerprint density at radius 3 is 2.79 bits per heavy atom. The molecule has 2 heterocycles. The van der Waals surface area contributed by atoms with E-state index in [0.29, 0.717) is 24.6 Å². The van der Waals surface area contributed by atoms with Crippen molar-refractivity contribution in [2.75, 3.05) is 32.7 Å². The van der Waals surface area contributed by atoms with Gasteiger partial charge in [0.1, 0.15) is 0 Å². The predicted molar refractivity (Wildman–Crippen MR) is 92.8 cm³/mol. The molecule has 1 saturated heterocycles. The van der Waals surface area contributed by atoms with Gasteiger partial charge < -0.3 is 16.0 Å². The van der Waals surface area contributed by atoms with E-state index in [0.717, 1.165) is 38.2 Å². The van der Waals surface area contributed by atoms with Crippen LogP contribution in [-0.2, 0) is 6.42 Å². The number of nitrogens with two attached hydrogens (primary N) is 1. The molecule has 24 heavy (non-hydrogen) atoms. The summed E-state index contributed by atoms with van der Waals surface area (Å²) in [4.78, 5) is 27.8. The maximum atomic E-state index is 12.3. The standard InChI is InChI=1S/C18H24N4O2/c19-17(23)15-5-3-4-14(12-15)6-8-20-18(24)22-11-7-16(13-22)21-9-1-2-10-21/h1-5,12,16H,6-11,13H2,(H2,19,23)(H,20,24)/t16-/m0/s1. The summed E-state index contributed by atoms with van der Waals surface area (Å²) >= 11 is 0. The second-order valence-electron chi connectivity index (χ2n) is 6.36. The Hall–Kier alpha value is -2.34. The number of hydrogen-bond acceptors (Lipinski definition) is 3. The van der Waals surface area contributed by atoms with Crippen LogP contribution in [0.3, 0.4) is 0 Å². The summed E-state index contributed by atoms with van der Waals surface area (Å²) in [5, 5.41) is 2.97. The number of nitrogens with zero attached hydrogens (tertiary/aromatic N) is 2. The van der Waals surface area contributed by atoms with E-state index in [1.807, 2.05) is 17.0 Å². The fourth-order valence-corrected chi connectivity index (χ4v) is 3.32. The molecule has 2 aliphatic heterocycles. The van der Waals surface area contributed by atoms with Gasteiger partial charge in [0, 0.05) is 44.3 Å². The first-order valence-electron chi connectivity index (χ1n) is 8.44. The maximum absolute atomic E-state index is 12.3. The molecule has 0 saturated carbocycles. The molecule has 0 unspecified atom stereocenters. The number of primary amides is 1. The first-order chi connectivity index (χ1) is 11.6. The third kappa shape index (κ3) is 3.94. The molecule has 0 spiro atoms. The first-order valence-corrected chi connectivity index (χ1v) is 8.44. The number of nitrogens with one attached hydrogen (secondary N) is 1. The number of benzene rings is 1. The highest BCUT2D eigenvalue weighted by Crippen LogP contribution is 2.17. The van der Waals surface area contributed by atoms with Crippen LogP contribution in [0.2, 0.25) is 0 Å². The van der Waals surface area contributed by atoms with Crippen LogP contribution in [-0.4, -0.2) is 60.5 Å². The third-order valence-corrected chi connectivity index (χ3v) is 4.71. The van der Waals surface area contributed by atoms with Gasteiger partial charge >= 0.3 is 6.03 Å². The summed E-state index contributed by atoms with van der Waals surface area (Å²) < 4.78 is 0. The molecule has 3 rings (SSSR count). The van der Waals surface area contributed by atoms with E-state index >= 15 is 0 Å². The summed E-state index contributed by atoms with van der Waals surface area (Å²) in [6.07, 6.45) is 6.09. The molecule has 1 atom stereocenters. The van der Waals surface area contributed by atoms with Gasteiger partial charge in [-0.15, -0.1) is 0 Å². The minimum Gasteiger partial charge on any atom is -0.366 e. The van der Waals surface area contributed by atoms with Crippen LogP contribution in [0.4, 0.5) is 4.79 Å². The lowest BCUT2D eigenvalue weighted by atomic mass is 10.1. The van der Waals surface area contributed by atoms with Crippen LogP contribution in [0.1, 0.15) is 22.3 Å². The summed E-state index contributed by atoms with van der Waals surface area (Å²) in [5.41, 5.74) is 6.78. The molecule has 2 aliphatic rings. The van der Waals surface area contributed by atoms with Crippen LogP contribution in [0, 0.1) is 0 Å². The van der Waals surface area contributed by atoms with Crippen LogP contribution in [0.15, 0.2) is 36.4 Å². The van der Waals surface area contributed by atoms with Gasteiger partial charge in [0.05, 0.1) is 0 Å². The fourth-order valence-electron chi connectivity index (χ4n) is 3.32. The van der Waals surface area contributed by atoms with Gasteiger partial charge in [-0.05, 0) is 30.5 Å². The Morgan fingerprint density at radius 1 is 1.25 bits per heavy atom. The lowest BCUT2D eigenvalue weighted by molar-refractivity contribution is 0.1000. The van der Waals surface area contributed by atoms with Crippen molar-refractivity contribution in [1.82, 2.24) is 15.1 Å². The normalized spacial score (nSPS) is 20.5. The van der Waals surface area contributed by atoms with Crippen LogP contribution < -0.4 is 11.1 Å². The minimum atomic E-state index is -0.430. The highest BCUT2D eigenvalue weighted by molar-refractivity contribution is 5.92. The number of hydrogen-bond donors (Lipinski definition) is 2. The summed E-state index contributed by atoms with van der Waals surface area (Å²) in [6, 6.07) is 7.69. The monoisotopic (exact) mass is 328 g/mol. The van der Waals surface area contributed by atoms with Gasteiger partial charge in [0.15, 0.2) is 0 Å². The number of rotatable bonds is 5. The second-order valence-corrected chi connectivity index (χ2v) is 6.36. The zero-order chi connectivity index (χ0) is 16.9. The minimum absolute atomic E-state index is 0.00397. The molecule has 3 N–H and O–H groups in total. The molecule has 1 fully saturated rings. The summed E-state index contributed by atoms with van der Waals surface area (Å²) in [5.74, 6) is -0.430. The number of carbonyl (C=O) groups excluding carboxylic acids is 2. The number of urea groups is 1. The van der Waals surface area contributed by atoms with E-state index in [1.165, 1.54) is 0 Å². The van der Waals surface area contributed by atoms with Crippen molar-refractivity contribution >= 4 is 11.9 Å². The largest absolute Gasteiger partial charge is 0.366 e. The molecular formula is C18H24N4O2. The lowest BCUT2D eigenvalue weighted by Crippen LogP contribution is -2.42. The molecule has 1 aromatic rings. The maximum Gasteiger partial charge on any atom is 0.317 e. The molecule has 128 valence electrons. The molecule has 0 aromatic heterocycles. The van der Waals surface area contributed by atoms with E-state index in [9.17, 15) is 9.59 Å². The van der Waals surface area contributed by atoms with Crippen molar-refractivity contribution in [3.63, 3.8) is 0 Å². The van der Waals surface area contributed by atoms with Gasteiger partial charge in [0.2, 0.25) is 5.91 Å². The number of likely N-dealkylation sites (tertiary alicyclic amines) is 1. The Balaban J connectivity index is 1.43. The Labute approximate surface area is 142 Å². The second kappa shape index (κ2) is 7.49. The molecule has 1 aromatic carbocycles. The number of amides is 3. The van der Waals surface area contributed by atoms with Gasteiger partial charge in [-0.25, -0.2) is 4.79 Å². The van der Waals surface area contributed by atoms with Crippen LogP contribution >= 0.6 is 0 Å². The molecule has 3 amide bonds. The predicted octanol–water partition coefficient (Wildman–Crippen LogP) is 0.984. The zero-order valence-electron chi connectivity index (χ0n) is 13.8. The zero-order valence-corrected chi connectivity index (χ0v) is 13.8. The highest BCUT2D eigenvalue weighted by atomic mass is 16.2. The van der Waals surface area contributed by atoms with E-state index in [-0.39, 0.29) is 6.03 Å². The lowest BCUT2D eigenvalue weighted by Gasteiger charge is -2.23. The SMILES string of the molecule is NC(=O)c1cccc(CCNC(=O)N2CC[C@H](N3CC=CC3)C2)c1. The van der Waals surface area contributed by atoms with Crippen molar-refractivity contribution in [2.45, 2.75) is 18.9 Å². The van der Waals surface area contributed by atoms with E-state index in [2.05, 4.69) is 22.4 Å². The van der Waals surface area contributed by atoms with Crippen molar-refractivity contribution in [3.05, 3.63) is 47.5 Å². The van der Waals surface area contributed by atoms with E-state index in [4.69, 9.17) is 5.73 Å². The van der Waals surface area contributed by atoms with E-state index in [1.54, 1.807) is 12.1 Å². The van der Waals surface area contributed by atoms with Crippen molar-refractivity contribution in [1.29, 1.82) is 0 Å². The molecular weight excluding hydrogens is 304 g/mol. The summed E-state index contributed by atoms with van der Waals surface area (Å²) in [6.45, 7) is 4.15. The summed E-state index contributed by atoms with van der Waals surface area (Å²) in [7, 11) is 0. The smallest absolute Gasteiger partial charge is 0.317 e. The van der Waals surface area contributed by atoms with Crippen molar-refractivity contribution in [2.24, 2.45) is 5.73 Å². The quantitative estimate of drug-likeness (QED) is 0.791. The average Bonchev–Trinajstić information content (AvgIpc) is 3.26. The molecule has 0 bridgehead atoms. The average molecular weight is 328 g/mol. The molecule has 0 aliphatic carbocycles. The van der Waals surface area contributed by atoms with Gasteiger partial charge in [-0.1, -0.05) is 24.3 Å². The topological polar surface area (TPSA) is 78.7 Å². The van der Waals surface area contributed by atoms with E-state index < -0.39 is 5.91 Å². The van der Waals surface area contributed by atoms with Gasteiger partial charge in [-0.3, -0.25) is 9.69 Å². The van der Waals surface area contributed by atoms with Crippen LogP contribution in [0.5, 0.6) is 0 Å². The highest BCUT2D eigenvalue weighted by Gasteiger charge is 2.30. The van der Waals surface area contributed by atoms with Gasteiger partial charge in [-0.2, -0.15) is 0 Å². The third-order valence-electron chi connectivity index (χ3n) is 4.71. The van der Waals surface area contributed by atoms with Crippen LogP contribution in [0.25, 0.3) is 0 Å². The fraction of sp³-hybridized carbons (Fsp3) is 0.444. The Bertz CT molecular complexity index is 636. The Kier molecular flexibility index (Phi) is 5.15. The van der Waals surface area contributed by atoms with Crippen molar-refractivity contribution in [3.8, 4) is 0 Å². The molecule has 6 nitrogen and oxygen atoms in total. The molecule has 6 heteroatoms. The van der Waals surface area contributed by atoms with Gasteiger partial charge in [0.25, 0.3) is 0 Å². The number of carbonyl (C=O) groups is 2. The first kappa shape index (κ1) is 16.5. The van der Waals surface area contributed by atoms with Crippen molar-refractivity contribution < 1.29 is 9.59 Å². The molecule has 0 radical (unpaired) electrons.